The molecule has 16 heavy (non-hydrogen) atoms. The van der Waals surface area contributed by atoms with Gasteiger partial charge in [-0.3, -0.25) is 10.1 Å². The molecule has 2 unspecified atom stereocenters. The van der Waals surface area contributed by atoms with Crippen molar-refractivity contribution in [1.82, 2.24) is 10.6 Å². The van der Waals surface area contributed by atoms with Crippen molar-refractivity contribution in [1.29, 1.82) is 0 Å². The number of hydrogen-bond donors (Lipinski definition) is 3. The minimum absolute atomic E-state index is 0.0948. The van der Waals surface area contributed by atoms with E-state index in [4.69, 9.17) is 6.42 Å². The van der Waals surface area contributed by atoms with Crippen LogP contribution in [0.2, 0.25) is 0 Å². The molecular weight excluding hydrogens is 204 g/mol. The molecule has 1 fully saturated rings. The minimum atomic E-state index is -0.404. The smallest absolute Gasteiger partial charge is 0.234 e. The first-order valence-corrected chi connectivity index (χ1v) is 5.85. The van der Waals surface area contributed by atoms with Crippen molar-refractivity contribution in [3.05, 3.63) is 0 Å². The third kappa shape index (κ3) is 4.65. The number of aliphatic hydroxyl groups excluding tert-OH is 1. The number of aliphatic hydroxyl groups is 1. The third-order valence-corrected chi connectivity index (χ3v) is 2.84. The Labute approximate surface area is 96.8 Å². The Kier molecular flexibility index (Phi) is 5.91. The summed E-state index contributed by atoms with van der Waals surface area (Å²) < 4.78 is 0. The zero-order chi connectivity index (χ0) is 11.8. The predicted molar refractivity (Wildman–Crippen MR) is 62.7 cm³/mol. The van der Waals surface area contributed by atoms with Crippen LogP contribution in [0, 0.1) is 12.3 Å². The second-order valence-corrected chi connectivity index (χ2v) is 4.19. The van der Waals surface area contributed by atoms with E-state index in [2.05, 4.69) is 16.6 Å². The molecule has 4 nitrogen and oxygen atoms in total. The van der Waals surface area contributed by atoms with Gasteiger partial charge in [-0.15, -0.1) is 6.42 Å². The molecule has 2 atom stereocenters. The van der Waals surface area contributed by atoms with E-state index >= 15 is 0 Å². The van der Waals surface area contributed by atoms with Gasteiger partial charge in [-0.1, -0.05) is 25.2 Å². The lowest BCUT2D eigenvalue weighted by Crippen LogP contribution is -2.46. The van der Waals surface area contributed by atoms with Crippen LogP contribution in [0.1, 0.15) is 32.1 Å². The van der Waals surface area contributed by atoms with Crippen molar-refractivity contribution in [2.75, 3.05) is 13.1 Å². The van der Waals surface area contributed by atoms with E-state index in [9.17, 15) is 9.90 Å². The Morgan fingerprint density at radius 3 is 2.88 bits per heavy atom. The number of terminal acetylenes is 1. The largest absolute Gasteiger partial charge is 0.391 e. The van der Waals surface area contributed by atoms with E-state index < -0.39 is 6.10 Å². The molecule has 1 amide bonds. The van der Waals surface area contributed by atoms with Crippen molar-refractivity contribution < 1.29 is 9.90 Å². The van der Waals surface area contributed by atoms with Gasteiger partial charge in [0.2, 0.25) is 5.91 Å². The van der Waals surface area contributed by atoms with Gasteiger partial charge < -0.3 is 10.4 Å². The maximum absolute atomic E-state index is 11.5. The van der Waals surface area contributed by atoms with Gasteiger partial charge in [-0.2, -0.15) is 0 Å². The van der Waals surface area contributed by atoms with Crippen molar-refractivity contribution in [3.63, 3.8) is 0 Å². The molecule has 0 radical (unpaired) electrons. The molecule has 0 aliphatic heterocycles. The maximum atomic E-state index is 11.5. The Balaban J connectivity index is 2.28. The summed E-state index contributed by atoms with van der Waals surface area (Å²) >= 11 is 0. The molecule has 0 aromatic heterocycles. The molecule has 0 saturated heterocycles. The van der Waals surface area contributed by atoms with Crippen LogP contribution >= 0.6 is 0 Å². The van der Waals surface area contributed by atoms with Crippen LogP contribution < -0.4 is 10.6 Å². The molecule has 0 aromatic carbocycles. The molecule has 0 aromatic rings. The molecule has 4 heteroatoms. The standard InChI is InChI=1S/C12H20N2O2/c1-2-8-13-9-12(16)14-10-6-4-3-5-7-11(10)15/h1,10-11,13,15H,3-9H2,(H,14,16). The fourth-order valence-corrected chi connectivity index (χ4v) is 1.96. The fraction of sp³-hybridized carbons (Fsp3) is 0.750. The highest BCUT2D eigenvalue weighted by Crippen LogP contribution is 2.17. The van der Waals surface area contributed by atoms with E-state index in [1.807, 2.05) is 0 Å². The Hall–Kier alpha value is -1.05. The van der Waals surface area contributed by atoms with Gasteiger partial charge >= 0.3 is 0 Å². The van der Waals surface area contributed by atoms with Gasteiger partial charge in [0.15, 0.2) is 0 Å². The quantitative estimate of drug-likeness (QED) is 0.358. The zero-order valence-corrected chi connectivity index (χ0v) is 9.54. The summed E-state index contributed by atoms with van der Waals surface area (Å²) in [7, 11) is 0. The van der Waals surface area contributed by atoms with Crippen LogP contribution in [-0.4, -0.2) is 36.2 Å². The summed E-state index contributed by atoms with van der Waals surface area (Å²) in [5.41, 5.74) is 0. The first kappa shape index (κ1) is 13.0. The van der Waals surface area contributed by atoms with Gasteiger partial charge in [0, 0.05) is 0 Å². The first-order chi connectivity index (χ1) is 7.74. The molecule has 1 aliphatic carbocycles. The monoisotopic (exact) mass is 224 g/mol. The zero-order valence-electron chi connectivity index (χ0n) is 9.54. The van der Waals surface area contributed by atoms with Crippen LogP contribution in [-0.2, 0) is 4.79 Å². The average molecular weight is 224 g/mol. The molecule has 90 valence electrons. The summed E-state index contributed by atoms with van der Waals surface area (Å²) in [6, 6.07) is -0.0948. The maximum Gasteiger partial charge on any atom is 0.234 e. The topological polar surface area (TPSA) is 61.4 Å². The highest BCUT2D eigenvalue weighted by atomic mass is 16.3. The van der Waals surface area contributed by atoms with Crippen LogP contribution in [0.15, 0.2) is 0 Å². The number of carbonyl (C=O) groups is 1. The highest BCUT2D eigenvalue weighted by molar-refractivity contribution is 5.78. The summed E-state index contributed by atoms with van der Waals surface area (Å²) in [5.74, 6) is 2.31. The lowest BCUT2D eigenvalue weighted by Gasteiger charge is -2.21. The van der Waals surface area contributed by atoms with Crippen molar-refractivity contribution in [3.8, 4) is 12.3 Å². The molecular formula is C12H20N2O2. The van der Waals surface area contributed by atoms with Gasteiger partial charge in [-0.05, 0) is 12.8 Å². The number of amides is 1. The van der Waals surface area contributed by atoms with Gasteiger partial charge in [0.25, 0.3) is 0 Å². The molecule has 0 heterocycles. The van der Waals surface area contributed by atoms with E-state index in [0.29, 0.717) is 6.54 Å². The Morgan fingerprint density at radius 1 is 1.38 bits per heavy atom. The van der Waals surface area contributed by atoms with E-state index in [0.717, 1.165) is 32.1 Å². The minimum Gasteiger partial charge on any atom is -0.391 e. The number of hydrogen-bond acceptors (Lipinski definition) is 3. The van der Waals surface area contributed by atoms with Crippen molar-refractivity contribution in [2.45, 2.75) is 44.2 Å². The van der Waals surface area contributed by atoms with Crippen molar-refractivity contribution in [2.24, 2.45) is 0 Å². The van der Waals surface area contributed by atoms with Crippen LogP contribution in [0.5, 0.6) is 0 Å². The summed E-state index contributed by atoms with van der Waals surface area (Å²) in [6.07, 6.45) is 9.55. The Morgan fingerprint density at radius 2 is 2.12 bits per heavy atom. The summed E-state index contributed by atoms with van der Waals surface area (Å²) in [5, 5.41) is 15.5. The van der Waals surface area contributed by atoms with Gasteiger partial charge in [0.05, 0.1) is 25.2 Å². The van der Waals surface area contributed by atoms with Crippen LogP contribution in [0.25, 0.3) is 0 Å². The van der Waals surface area contributed by atoms with E-state index in [-0.39, 0.29) is 18.5 Å². The molecule has 1 rings (SSSR count). The number of nitrogens with one attached hydrogen (secondary N) is 2. The molecule has 0 spiro atoms. The summed E-state index contributed by atoms with van der Waals surface area (Å²) in [6.45, 7) is 0.605. The van der Waals surface area contributed by atoms with Crippen LogP contribution in [0.3, 0.4) is 0 Å². The normalized spacial score (nSPS) is 25.5. The van der Waals surface area contributed by atoms with E-state index in [1.165, 1.54) is 0 Å². The highest BCUT2D eigenvalue weighted by Gasteiger charge is 2.22. The van der Waals surface area contributed by atoms with Gasteiger partial charge in [-0.25, -0.2) is 0 Å². The van der Waals surface area contributed by atoms with Crippen LogP contribution in [0.4, 0.5) is 0 Å². The second-order valence-electron chi connectivity index (χ2n) is 4.19. The van der Waals surface area contributed by atoms with Gasteiger partial charge in [0.1, 0.15) is 0 Å². The second kappa shape index (κ2) is 7.26. The SMILES string of the molecule is C#CCNCC(=O)NC1CCCCCC1O. The fourth-order valence-electron chi connectivity index (χ4n) is 1.96. The lowest BCUT2D eigenvalue weighted by atomic mass is 10.1. The molecule has 1 saturated carbocycles. The predicted octanol–water partition coefficient (Wildman–Crippen LogP) is 0.0190. The number of rotatable bonds is 4. The average Bonchev–Trinajstić information content (AvgIpc) is 2.45. The lowest BCUT2D eigenvalue weighted by molar-refractivity contribution is -0.121. The van der Waals surface area contributed by atoms with E-state index in [1.54, 1.807) is 0 Å². The molecule has 1 aliphatic rings. The Bertz CT molecular complexity index is 260. The molecule has 3 N–H and O–H groups in total. The first-order valence-electron chi connectivity index (χ1n) is 5.85. The number of carbonyl (C=O) groups excluding carboxylic acids is 1. The third-order valence-electron chi connectivity index (χ3n) is 2.84. The summed E-state index contributed by atoms with van der Waals surface area (Å²) in [4.78, 5) is 11.5. The molecule has 0 bridgehead atoms. The van der Waals surface area contributed by atoms with Crippen molar-refractivity contribution >= 4 is 5.91 Å².